The fraction of sp³-hybridized carbons (Fsp3) is 0.538. The summed E-state index contributed by atoms with van der Waals surface area (Å²) in [5.41, 5.74) is 1.83. The summed E-state index contributed by atoms with van der Waals surface area (Å²) >= 11 is 0. The van der Waals surface area contributed by atoms with Crippen LogP contribution in [0.5, 0.6) is 0 Å². The zero-order valence-electron chi connectivity index (χ0n) is 12.3. The van der Waals surface area contributed by atoms with Crippen LogP contribution >= 0.6 is 0 Å². The molecule has 4 heteroatoms. The molecule has 0 aromatic carbocycles. The fourth-order valence-electron chi connectivity index (χ4n) is 0. The molecular weight excluding hydrogens is 580 g/mol. The van der Waals surface area contributed by atoms with Gasteiger partial charge in [-0.1, -0.05) is 46.7 Å². The van der Waals surface area contributed by atoms with Gasteiger partial charge in [-0.05, 0) is 0 Å². The molecule has 0 spiro atoms. The van der Waals surface area contributed by atoms with Crippen LogP contribution in [-0.2, 0) is 42.1 Å². The van der Waals surface area contributed by atoms with Crippen LogP contribution in [0.25, 0.3) is 0 Å². The van der Waals surface area contributed by atoms with Gasteiger partial charge in [0, 0.05) is 16.9 Å². The molecule has 0 aromatic rings. The molecule has 17 heavy (non-hydrogen) atoms. The quantitative estimate of drug-likeness (QED) is 0.285. The third kappa shape index (κ3) is 220. The van der Waals surface area contributed by atoms with Crippen molar-refractivity contribution in [3.05, 3.63) is 40.3 Å². The molecule has 0 atom stereocenters. The van der Waals surface area contributed by atoms with Crippen LogP contribution in [0, 0.1) is 28.0 Å². The summed E-state index contributed by atoms with van der Waals surface area (Å²) in [6.07, 6.45) is 0. The molecule has 0 heterocycles. The third-order valence-electron chi connectivity index (χ3n) is 0.500. The predicted molar refractivity (Wildman–Crippen MR) is 86.4 cm³/mol. The average molecular weight is 614 g/mol. The van der Waals surface area contributed by atoms with E-state index in [1.54, 1.807) is 0 Å². The Balaban J connectivity index is -0.0000000113. The van der Waals surface area contributed by atoms with Crippen LogP contribution in [0.4, 0.5) is 0 Å². The van der Waals surface area contributed by atoms with E-state index in [0.29, 0.717) is 0 Å². The van der Waals surface area contributed by atoms with Crippen molar-refractivity contribution >= 4 is 16.9 Å². The second kappa shape index (κ2) is 36.0. The third-order valence-corrected chi connectivity index (χ3v) is 1.50. The van der Waals surface area contributed by atoms with Gasteiger partial charge in [-0.15, -0.1) is 0 Å². The number of rotatable bonds is 1. The van der Waals surface area contributed by atoms with E-state index in [1.165, 1.54) is 0 Å². The number of hydrogen-bond acceptors (Lipinski definition) is 0. The molecule has 0 amide bonds. The van der Waals surface area contributed by atoms with Crippen molar-refractivity contribution in [3.63, 3.8) is 0 Å². The minimum absolute atomic E-state index is 0. The smallest absolute Gasteiger partial charge is 0.522 e. The zero-order chi connectivity index (χ0) is 10.8. The van der Waals surface area contributed by atoms with E-state index in [4.69, 9.17) is 6.58 Å². The van der Waals surface area contributed by atoms with E-state index >= 15 is 0 Å². The fourth-order valence-corrected chi connectivity index (χ4v) is 0. The summed E-state index contributed by atoms with van der Waals surface area (Å²) in [7, 11) is -1.12. The van der Waals surface area contributed by atoms with E-state index in [1.807, 2.05) is 5.70 Å². The molecule has 0 fully saturated rings. The van der Waals surface area contributed by atoms with Crippen LogP contribution in [0.3, 0.4) is 0 Å². The van der Waals surface area contributed by atoms with Crippen molar-refractivity contribution in [2.75, 3.05) is 0 Å². The van der Waals surface area contributed by atoms with Gasteiger partial charge in [0.25, 0.3) is 0 Å². The summed E-state index contributed by atoms with van der Waals surface area (Å²) in [6.45, 7) is 25.8. The molecule has 0 saturated carbocycles. The van der Waals surface area contributed by atoms with Gasteiger partial charge in [-0.2, -0.15) is 0 Å². The Morgan fingerprint density at radius 3 is 1.00 bits per heavy atom. The average Bonchev–Trinajstić information content (AvgIpc) is 1.90. The van der Waals surface area contributed by atoms with Crippen LogP contribution in [0.2, 0.25) is 39.3 Å². The predicted octanol–water partition coefficient (Wildman–Crippen LogP) is 5.09. The van der Waals surface area contributed by atoms with Crippen molar-refractivity contribution in [2.45, 2.75) is 46.7 Å². The Hall–Kier alpha value is 1.29. The molecule has 0 rings (SSSR count). The maximum absolute atomic E-state index is 5.24. The number of hydrogen-bond donors (Lipinski definition) is 0. The topological polar surface area (TPSA) is 0 Å². The molecule has 0 radical (unpaired) electrons. The van der Waals surface area contributed by atoms with E-state index in [-0.39, 0.29) is 73.2 Å². The van der Waals surface area contributed by atoms with E-state index in [0.717, 1.165) is 0 Å². The molecule has 0 aliphatic rings. The first kappa shape index (κ1) is 51.6. The molecule has 0 aromatic heterocycles. The van der Waals surface area contributed by atoms with Crippen LogP contribution in [-0.4, -0.2) is 16.9 Å². The summed E-state index contributed by atoms with van der Waals surface area (Å²) in [6, 6.07) is 0. The monoisotopic (exact) mass is 614 g/mol. The van der Waals surface area contributed by atoms with Crippen molar-refractivity contribution in [1.29, 1.82) is 0 Å². The van der Waals surface area contributed by atoms with Crippen LogP contribution in [0.15, 0.2) is 12.3 Å². The molecule has 106 valence electrons. The molecule has 0 nitrogen and oxygen atoms in total. The van der Waals surface area contributed by atoms with Crippen molar-refractivity contribution in [1.82, 2.24) is 0 Å². The summed E-state index contributed by atoms with van der Waals surface area (Å²) < 4.78 is 0. The Bertz CT molecular complexity index is 97.3. The molecule has 0 bridgehead atoms. The van der Waals surface area contributed by atoms with Gasteiger partial charge in [0.2, 0.25) is 0 Å². The van der Waals surface area contributed by atoms with Gasteiger partial charge >= 0.3 is 42.1 Å². The first-order valence-electron chi connectivity index (χ1n) is 4.26. The molecule has 0 aliphatic carbocycles. The second-order valence-electron chi connectivity index (χ2n) is 4.26. The van der Waals surface area contributed by atoms with Crippen molar-refractivity contribution in [3.8, 4) is 0 Å². The van der Waals surface area contributed by atoms with Crippen LogP contribution in [0.1, 0.15) is 7.43 Å². The Labute approximate surface area is 145 Å². The van der Waals surface area contributed by atoms with Crippen LogP contribution < -0.4 is 0 Å². The van der Waals surface area contributed by atoms with Crippen molar-refractivity contribution in [2.24, 2.45) is 0 Å². The van der Waals surface area contributed by atoms with Gasteiger partial charge in [-0.3, -0.25) is 12.3 Å². The maximum atomic E-state index is 5.24. The van der Waals surface area contributed by atoms with Gasteiger partial charge in [-0.25, -0.2) is 0 Å². The van der Waals surface area contributed by atoms with E-state index in [2.05, 4.69) is 52.4 Å². The minimum atomic E-state index is -0.978. The van der Waals surface area contributed by atoms with Crippen molar-refractivity contribution < 1.29 is 42.1 Å². The van der Waals surface area contributed by atoms with Gasteiger partial charge < -0.3 is 28.0 Å². The summed E-state index contributed by atoms with van der Waals surface area (Å²) in [5.74, 6) is 0. The molecule has 0 N–H and O–H groups in total. The van der Waals surface area contributed by atoms with Gasteiger partial charge in [0.05, 0.1) is 0 Å². The Kier molecular flexibility index (Phi) is 109. The second-order valence-corrected chi connectivity index (χ2v) is 12.8. The largest absolute Gasteiger partial charge is 2.00 e. The maximum Gasteiger partial charge on any atom is 2.00 e. The summed E-state index contributed by atoms with van der Waals surface area (Å²) in [4.78, 5) is 0. The zero-order valence-corrected chi connectivity index (χ0v) is 20.4. The Morgan fingerprint density at radius 1 is 0.941 bits per heavy atom. The van der Waals surface area contributed by atoms with E-state index < -0.39 is 8.07 Å². The first-order chi connectivity index (χ1) is 5.29. The van der Waals surface area contributed by atoms with E-state index in [9.17, 15) is 0 Å². The molecule has 0 unspecified atom stereocenters. The summed E-state index contributed by atoms with van der Waals surface area (Å²) in [5, 5.41) is 0. The standard InChI is InChI=1S/C5H11Si.C3H10Si.C2H3.CH4.2CH3.2W/c1-5-6(2,3)4;1-4(2)3;1-2;;;;;/h1,5H,2-4H3;4H,1-3H3;1H,2H2;1H4;2*1H3;;/q-1;;-1;;2*-1;2*+2. The SMILES string of the molecule is C.C[SiH](C)C.[CH-]=C.[CH-]=C[Si](C)(C)C.[CH3-].[CH3-].[W+2].[W+2]. The molecule has 0 saturated heterocycles. The normalized spacial score (nSPS) is 6.29. The first-order valence-corrected chi connectivity index (χ1v) is 11.3. The Morgan fingerprint density at radius 2 is 1.00 bits per heavy atom. The molecular formula is C13H34Si2W2. The van der Waals surface area contributed by atoms with Gasteiger partial charge in [0.15, 0.2) is 0 Å². The van der Waals surface area contributed by atoms with Gasteiger partial charge in [0.1, 0.15) is 0 Å². The molecule has 0 aliphatic heterocycles. The minimum Gasteiger partial charge on any atom is -0.522 e.